The first-order valence-electron chi connectivity index (χ1n) is 6.48. The van der Waals surface area contributed by atoms with Crippen LogP contribution in [0.1, 0.15) is 13.8 Å². The Kier molecular flexibility index (Phi) is 4.20. The van der Waals surface area contributed by atoms with Crippen LogP contribution in [0.15, 0.2) is 0 Å². The zero-order valence-corrected chi connectivity index (χ0v) is 11.9. The molecule has 0 aliphatic rings. The molecule has 2 aromatic rings. The second kappa shape index (κ2) is 5.78. The second-order valence-electron chi connectivity index (χ2n) is 4.36. The number of anilines is 2. The average Bonchev–Trinajstić information content (AvgIpc) is 2.49. The van der Waals surface area contributed by atoms with Crippen molar-refractivity contribution < 1.29 is 27.0 Å². The van der Waals surface area contributed by atoms with Crippen molar-refractivity contribution >= 4 is 22.1 Å². The van der Waals surface area contributed by atoms with Gasteiger partial charge in [-0.05, 0) is 13.8 Å². The van der Waals surface area contributed by atoms with Crippen molar-refractivity contribution in [2.45, 2.75) is 13.8 Å². The number of nitrogens with two attached hydrogens (primary N) is 2. The summed E-state index contributed by atoms with van der Waals surface area (Å²) in [6.07, 6.45) is 0. The molecule has 0 radical (unpaired) electrons. The molecule has 4 nitrogen and oxygen atoms in total. The summed E-state index contributed by atoms with van der Waals surface area (Å²) in [6, 6.07) is 0. The monoisotopic (exact) mass is 318 g/mol. The fourth-order valence-corrected chi connectivity index (χ4v) is 2.13. The summed E-state index contributed by atoms with van der Waals surface area (Å²) in [5, 5.41) is -1.93. The number of rotatable bonds is 4. The van der Waals surface area contributed by atoms with Crippen LogP contribution in [0.25, 0.3) is 10.8 Å². The lowest BCUT2D eigenvalue weighted by Gasteiger charge is -2.16. The van der Waals surface area contributed by atoms with E-state index < -0.39 is 56.9 Å². The van der Waals surface area contributed by atoms with Crippen LogP contribution in [0.5, 0.6) is 11.5 Å². The van der Waals surface area contributed by atoms with E-state index in [4.69, 9.17) is 20.9 Å². The van der Waals surface area contributed by atoms with Gasteiger partial charge in [0.15, 0.2) is 34.8 Å². The molecule has 0 atom stereocenters. The van der Waals surface area contributed by atoms with Crippen LogP contribution in [0.3, 0.4) is 0 Å². The largest absolute Gasteiger partial charge is 0.489 e. The minimum Gasteiger partial charge on any atom is -0.489 e. The molecule has 0 bridgehead atoms. The first kappa shape index (κ1) is 16.0. The molecular weight excluding hydrogens is 304 g/mol. The summed E-state index contributed by atoms with van der Waals surface area (Å²) in [4.78, 5) is 0. The molecule has 22 heavy (non-hydrogen) atoms. The first-order chi connectivity index (χ1) is 10.4. The third kappa shape index (κ3) is 2.15. The summed E-state index contributed by atoms with van der Waals surface area (Å²) in [7, 11) is 0. The molecule has 0 spiro atoms. The molecule has 0 fully saturated rings. The summed E-state index contributed by atoms with van der Waals surface area (Å²) < 4.78 is 67.0. The molecule has 0 aliphatic heterocycles. The topological polar surface area (TPSA) is 70.5 Å². The van der Waals surface area contributed by atoms with Crippen molar-refractivity contribution in [1.29, 1.82) is 0 Å². The first-order valence-corrected chi connectivity index (χ1v) is 6.48. The minimum absolute atomic E-state index is 0.0390. The Balaban J connectivity index is 3.01. The van der Waals surface area contributed by atoms with Gasteiger partial charge >= 0.3 is 0 Å². The summed E-state index contributed by atoms with van der Waals surface area (Å²) in [5.74, 6) is -6.68. The molecule has 0 aromatic heterocycles. The maximum absolute atomic E-state index is 14.4. The highest BCUT2D eigenvalue weighted by atomic mass is 19.1. The van der Waals surface area contributed by atoms with Gasteiger partial charge in [-0.3, -0.25) is 0 Å². The van der Waals surface area contributed by atoms with E-state index in [1.54, 1.807) is 0 Å². The van der Waals surface area contributed by atoms with Crippen molar-refractivity contribution in [3.63, 3.8) is 0 Å². The van der Waals surface area contributed by atoms with Gasteiger partial charge in [-0.1, -0.05) is 0 Å². The van der Waals surface area contributed by atoms with Crippen LogP contribution in [0, 0.1) is 23.3 Å². The Morgan fingerprint density at radius 3 is 1.27 bits per heavy atom. The zero-order chi connectivity index (χ0) is 16.6. The van der Waals surface area contributed by atoms with Crippen LogP contribution in [-0.4, -0.2) is 13.2 Å². The Bertz CT molecular complexity index is 687. The second-order valence-corrected chi connectivity index (χ2v) is 4.36. The van der Waals surface area contributed by atoms with Crippen LogP contribution in [0.2, 0.25) is 0 Å². The molecule has 0 saturated heterocycles. The molecule has 4 N–H and O–H groups in total. The van der Waals surface area contributed by atoms with Crippen LogP contribution in [0.4, 0.5) is 28.9 Å². The van der Waals surface area contributed by atoms with Gasteiger partial charge in [0.05, 0.1) is 24.0 Å². The van der Waals surface area contributed by atoms with E-state index >= 15 is 0 Å². The van der Waals surface area contributed by atoms with E-state index in [2.05, 4.69) is 0 Å². The van der Waals surface area contributed by atoms with E-state index in [1.807, 2.05) is 0 Å². The number of hydrogen-bond donors (Lipinski definition) is 2. The van der Waals surface area contributed by atoms with E-state index in [9.17, 15) is 17.6 Å². The average molecular weight is 318 g/mol. The Morgan fingerprint density at radius 1 is 0.682 bits per heavy atom. The Labute approximate surface area is 123 Å². The molecule has 0 heterocycles. The molecule has 0 amide bonds. The van der Waals surface area contributed by atoms with Crippen molar-refractivity contribution in [3.8, 4) is 11.5 Å². The predicted octanol–water partition coefficient (Wildman–Crippen LogP) is 3.36. The quantitative estimate of drug-likeness (QED) is 0.670. The van der Waals surface area contributed by atoms with Gasteiger partial charge in [-0.25, -0.2) is 17.6 Å². The molecule has 8 heteroatoms. The lowest BCUT2D eigenvalue weighted by molar-refractivity contribution is 0.319. The van der Waals surface area contributed by atoms with Gasteiger partial charge in [0.25, 0.3) is 0 Å². The lowest BCUT2D eigenvalue weighted by Crippen LogP contribution is -2.09. The summed E-state index contributed by atoms with van der Waals surface area (Å²) in [5.41, 5.74) is 9.33. The van der Waals surface area contributed by atoms with Gasteiger partial charge in [-0.15, -0.1) is 0 Å². The molecular formula is C14H14F4N2O2. The van der Waals surface area contributed by atoms with Gasteiger partial charge in [-0.2, -0.15) is 0 Å². The van der Waals surface area contributed by atoms with Gasteiger partial charge in [0.2, 0.25) is 0 Å². The lowest BCUT2D eigenvalue weighted by atomic mass is 10.0. The SMILES string of the molecule is CCOc1c(N)c(F)c2c(F)c(OCC)c(N)c(F)c2c1F. The molecule has 0 saturated carbocycles. The fraction of sp³-hybridized carbons (Fsp3) is 0.286. The summed E-state index contributed by atoms with van der Waals surface area (Å²) >= 11 is 0. The van der Waals surface area contributed by atoms with Crippen LogP contribution >= 0.6 is 0 Å². The van der Waals surface area contributed by atoms with E-state index in [1.165, 1.54) is 13.8 Å². The molecule has 120 valence electrons. The highest BCUT2D eigenvalue weighted by Crippen LogP contribution is 2.43. The maximum atomic E-state index is 14.4. The normalized spacial score (nSPS) is 11.0. The number of fused-ring (bicyclic) bond motifs is 1. The number of ether oxygens (including phenoxy) is 2. The Morgan fingerprint density at radius 2 is 1.00 bits per heavy atom. The number of nitrogen functional groups attached to an aromatic ring is 2. The molecule has 2 rings (SSSR count). The van der Waals surface area contributed by atoms with E-state index in [-0.39, 0.29) is 13.2 Å². The van der Waals surface area contributed by atoms with E-state index in [0.717, 1.165) is 0 Å². The highest BCUT2D eigenvalue weighted by molar-refractivity contribution is 5.95. The van der Waals surface area contributed by atoms with Crippen molar-refractivity contribution in [2.24, 2.45) is 0 Å². The summed E-state index contributed by atoms with van der Waals surface area (Å²) in [6.45, 7) is 2.93. The Hall–Kier alpha value is -2.38. The van der Waals surface area contributed by atoms with Crippen molar-refractivity contribution in [2.75, 3.05) is 24.7 Å². The fourth-order valence-electron chi connectivity index (χ4n) is 2.13. The third-order valence-corrected chi connectivity index (χ3v) is 3.07. The molecule has 2 aromatic carbocycles. The predicted molar refractivity (Wildman–Crippen MR) is 74.9 cm³/mol. The molecule has 0 aliphatic carbocycles. The number of benzene rings is 2. The van der Waals surface area contributed by atoms with Gasteiger partial charge in [0.1, 0.15) is 11.4 Å². The molecule has 0 unspecified atom stereocenters. The standard InChI is InChI=1S/C14H14F4N2O2/c1-3-21-13-9(17)5-6(7(15)11(13)19)10(18)14(22-4-2)12(20)8(5)16/h3-4,19-20H2,1-2H3. The van der Waals surface area contributed by atoms with Crippen LogP contribution < -0.4 is 20.9 Å². The van der Waals surface area contributed by atoms with Crippen LogP contribution in [-0.2, 0) is 0 Å². The van der Waals surface area contributed by atoms with E-state index in [0.29, 0.717) is 0 Å². The minimum atomic E-state index is -1.34. The number of hydrogen-bond acceptors (Lipinski definition) is 4. The van der Waals surface area contributed by atoms with Crippen molar-refractivity contribution in [3.05, 3.63) is 23.3 Å². The van der Waals surface area contributed by atoms with Crippen molar-refractivity contribution in [1.82, 2.24) is 0 Å². The maximum Gasteiger partial charge on any atom is 0.181 e. The zero-order valence-electron chi connectivity index (χ0n) is 11.9. The third-order valence-electron chi connectivity index (χ3n) is 3.07. The van der Waals surface area contributed by atoms with Gasteiger partial charge in [0, 0.05) is 0 Å². The number of halogens is 4. The highest BCUT2D eigenvalue weighted by Gasteiger charge is 2.29. The smallest absolute Gasteiger partial charge is 0.181 e. The van der Waals surface area contributed by atoms with Gasteiger partial charge < -0.3 is 20.9 Å².